The van der Waals surface area contributed by atoms with E-state index >= 15 is 0 Å². The summed E-state index contributed by atoms with van der Waals surface area (Å²) in [4.78, 5) is 13.8. The summed E-state index contributed by atoms with van der Waals surface area (Å²) in [5.41, 5.74) is -0.0139. The summed E-state index contributed by atoms with van der Waals surface area (Å²) < 4.78 is 0. The maximum Gasteiger partial charge on any atom is 0.287 e. The molecule has 0 amide bonds. The van der Waals surface area contributed by atoms with Gasteiger partial charge in [0.05, 0.1) is 4.92 Å². The number of aromatic nitrogens is 1. The van der Waals surface area contributed by atoms with E-state index in [0.29, 0.717) is 4.90 Å². The molecular weight excluding hydrogens is 188 g/mol. The van der Waals surface area contributed by atoms with E-state index in [0.717, 1.165) is 11.0 Å². The summed E-state index contributed by atoms with van der Waals surface area (Å²) in [7, 11) is 6.14. The summed E-state index contributed by atoms with van der Waals surface area (Å²) in [6.07, 6.45) is 2.71. The molecule has 0 spiro atoms. The second-order valence-electron chi connectivity index (χ2n) is 1.68. The largest absolute Gasteiger partial charge is 0.287 e. The zero-order chi connectivity index (χ0) is 8.27. The van der Waals surface area contributed by atoms with Gasteiger partial charge in [-0.15, -0.1) is 0 Å². The molecule has 0 bridgehead atoms. The van der Waals surface area contributed by atoms with Crippen molar-refractivity contribution in [2.75, 3.05) is 0 Å². The van der Waals surface area contributed by atoms with Crippen molar-refractivity contribution >= 4 is 27.3 Å². The minimum absolute atomic E-state index is 0.0139. The average Bonchev–Trinajstić information content (AvgIpc) is 2.04. The molecule has 0 unspecified atom stereocenters. The first kappa shape index (κ1) is 8.29. The van der Waals surface area contributed by atoms with E-state index in [1.807, 2.05) is 0 Å². The molecule has 6 heteroatoms. The Labute approximate surface area is 71.2 Å². The van der Waals surface area contributed by atoms with Crippen LogP contribution in [-0.4, -0.2) is 9.91 Å². The first-order valence-corrected chi connectivity index (χ1v) is 4.27. The van der Waals surface area contributed by atoms with Crippen LogP contribution < -0.4 is 0 Å². The van der Waals surface area contributed by atoms with Crippen LogP contribution in [0.4, 0.5) is 5.69 Å². The van der Waals surface area contributed by atoms with Crippen molar-refractivity contribution in [1.29, 1.82) is 0 Å². The average molecular weight is 191 g/mol. The first-order valence-electron chi connectivity index (χ1n) is 2.62. The molecule has 0 radical (unpaired) electrons. The molecule has 0 saturated carbocycles. The summed E-state index contributed by atoms with van der Waals surface area (Å²) in [5, 5.41) is 10.3. The number of hydrogen-bond donors (Lipinski definition) is 0. The third kappa shape index (κ3) is 1.81. The molecule has 0 aliphatic carbocycles. The summed E-state index contributed by atoms with van der Waals surface area (Å²) >= 11 is 0. The molecule has 1 aromatic heterocycles. The van der Waals surface area contributed by atoms with Gasteiger partial charge in [-0.25, -0.2) is 0 Å². The minimum Gasteiger partial charge on any atom is -0.263 e. The minimum atomic E-state index is -0.494. The van der Waals surface area contributed by atoms with E-state index in [4.69, 9.17) is 10.7 Å². The van der Waals surface area contributed by atoms with Gasteiger partial charge in [0, 0.05) is 18.5 Å². The van der Waals surface area contributed by atoms with E-state index < -0.39 is 4.92 Å². The number of halogens is 1. The molecule has 1 heterocycles. The Morgan fingerprint density at radius 1 is 1.73 bits per heavy atom. The molecule has 0 atom stereocenters. The van der Waals surface area contributed by atoms with Gasteiger partial charge in [0.15, 0.2) is 0 Å². The second-order valence-corrected chi connectivity index (χ2v) is 2.73. The number of nitrogens with zero attached hydrogens (tertiary/aromatic N) is 2. The summed E-state index contributed by atoms with van der Waals surface area (Å²) in [5.74, 6) is 0. The van der Waals surface area contributed by atoms with Gasteiger partial charge in [-0.05, 0) is 21.7 Å². The van der Waals surface area contributed by atoms with Gasteiger partial charge in [-0.2, -0.15) is 0 Å². The van der Waals surface area contributed by atoms with Gasteiger partial charge in [0.2, 0.25) is 0 Å². The molecule has 4 nitrogen and oxygen atoms in total. The molecule has 0 aliphatic heterocycles. The van der Waals surface area contributed by atoms with Gasteiger partial charge < -0.3 is 0 Å². The van der Waals surface area contributed by atoms with Crippen LogP contribution in [0, 0.1) is 10.1 Å². The van der Waals surface area contributed by atoms with Crippen LogP contribution in [0.1, 0.15) is 0 Å². The van der Waals surface area contributed by atoms with Gasteiger partial charge in [-0.3, -0.25) is 15.1 Å². The van der Waals surface area contributed by atoms with Gasteiger partial charge in [-0.1, -0.05) is 0 Å². The van der Waals surface area contributed by atoms with E-state index in [2.05, 4.69) is 4.98 Å². The van der Waals surface area contributed by atoms with Crippen LogP contribution in [-0.2, 0) is 0 Å². The number of rotatable bonds is 2. The SMILES string of the molecule is O=[N+]([O-])c1ccncc1SCl. The molecular formula is C5H3ClN2O2S. The molecule has 58 valence electrons. The highest BCUT2D eigenvalue weighted by Crippen LogP contribution is 2.29. The lowest BCUT2D eigenvalue weighted by Gasteiger charge is -1.93. The fourth-order valence-corrected chi connectivity index (χ4v) is 1.26. The number of hydrogen-bond acceptors (Lipinski definition) is 4. The first-order chi connectivity index (χ1) is 5.25. The Bertz CT molecular complexity index is 281. The lowest BCUT2D eigenvalue weighted by Crippen LogP contribution is -1.89. The quantitative estimate of drug-likeness (QED) is 0.530. The fourth-order valence-electron chi connectivity index (χ4n) is 0.583. The molecule has 0 N–H and O–H groups in total. The van der Waals surface area contributed by atoms with Gasteiger partial charge in [0.25, 0.3) is 5.69 Å². The highest BCUT2D eigenvalue weighted by atomic mass is 35.7. The lowest BCUT2D eigenvalue weighted by atomic mass is 10.4. The normalized spacial score (nSPS) is 9.55. The molecule has 1 aromatic rings. The van der Waals surface area contributed by atoms with E-state index in [1.54, 1.807) is 0 Å². The van der Waals surface area contributed by atoms with Crippen LogP contribution in [0.15, 0.2) is 23.4 Å². The third-order valence-corrected chi connectivity index (χ3v) is 2.02. The molecule has 0 aromatic carbocycles. The second kappa shape index (κ2) is 3.54. The molecule has 11 heavy (non-hydrogen) atoms. The van der Waals surface area contributed by atoms with Crippen molar-refractivity contribution in [2.24, 2.45) is 0 Å². The van der Waals surface area contributed by atoms with E-state index in [-0.39, 0.29) is 5.69 Å². The van der Waals surface area contributed by atoms with Crippen molar-refractivity contribution in [3.63, 3.8) is 0 Å². The highest BCUT2D eigenvalue weighted by molar-refractivity contribution is 8.21. The van der Waals surface area contributed by atoms with Gasteiger partial charge in [0.1, 0.15) is 4.90 Å². The Balaban J connectivity index is 3.12. The molecule has 1 rings (SSSR count). The topological polar surface area (TPSA) is 56.0 Å². The predicted octanol–water partition coefficient (Wildman–Crippen LogP) is 2.24. The van der Waals surface area contributed by atoms with Crippen LogP contribution >= 0.6 is 21.7 Å². The Hall–Kier alpha value is -0.810. The maximum atomic E-state index is 10.3. The highest BCUT2D eigenvalue weighted by Gasteiger charge is 2.11. The van der Waals surface area contributed by atoms with E-state index in [1.165, 1.54) is 18.5 Å². The van der Waals surface area contributed by atoms with Crippen LogP contribution in [0.25, 0.3) is 0 Å². The van der Waals surface area contributed by atoms with Crippen molar-refractivity contribution in [2.45, 2.75) is 4.90 Å². The molecule has 0 fully saturated rings. The van der Waals surface area contributed by atoms with Crippen molar-refractivity contribution in [1.82, 2.24) is 4.98 Å². The fraction of sp³-hybridized carbons (Fsp3) is 0. The van der Waals surface area contributed by atoms with E-state index in [9.17, 15) is 10.1 Å². The third-order valence-electron chi connectivity index (χ3n) is 1.04. The zero-order valence-electron chi connectivity index (χ0n) is 5.23. The Kier molecular flexibility index (Phi) is 2.67. The van der Waals surface area contributed by atoms with Gasteiger partial charge >= 0.3 is 0 Å². The number of pyridine rings is 1. The van der Waals surface area contributed by atoms with Crippen molar-refractivity contribution in [3.05, 3.63) is 28.6 Å². The standard InChI is InChI=1S/C5H3ClN2O2S/c6-11-5-3-7-2-1-4(5)8(9)10/h1-3H. The van der Waals surface area contributed by atoms with Crippen molar-refractivity contribution < 1.29 is 4.92 Å². The predicted molar refractivity (Wildman–Crippen MR) is 42.6 cm³/mol. The Morgan fingerprint density at radius 2 is 2.45 bits per heavy atom. The number of nitro groups is 1. The zero-order valence-corrected chi connectivity index (χ0v) is 6.80. The lowest BCUT2D eigenvalue weighted by molar-refractivity contribution is -0.387. The smallest absolute Gasteiger partial charge is 0.263 e. The van der Waals surface area contributed by atoms with Crippen LogP contribution in [0.3, 0.4) is 0 Å². The Morgan fingerprint density at radius 3 is 2.91 bits per heavy atom. The maximum absolute atomic E-state index is 10.3. The monoisotopic (exact) mass is 190 g/mol. The summed E-state index contributed by atoms with van der Waals surface area (Å²) in [6, 6.07) is 1.31. The summed E-state index contributed by atoms with van der Waals surface area (Å²) in [6.45, 7) is 0. The van der Waals surface area contributed by atoms with Crippen LogP contribution in [0.5, 0.6) is 0 Å². The molecule has 0 saturated heterocycles. The van der Waals surface area contributed by atoms with Crippen LogP contribution in [0.2, 0.25) is 0 Å². The molecule has 0 aliphatic rings. The van der Waals surface area contributed by atoms with Crippen molar-refractivity contribution in [3.8, 4) is 0 Å².